The summed E-state index contributed by atoms with van der Waals surface area (Å²) in [5.74, 6) is -0.162. The third-order valence-corrected chi connectivity index (χ3v) is 2.85. The van der Waals surface area contributed by atoms with E-state index in [4.69, 9.17) is 10.8 Å². The Hall–Kier alpha value is -1.35. The summed E-state index contributed by atoms with van der Waals surface area (Å²) in [6.45, 7) is 0. The molecule has 0 heterocycles. The molecule has 1 aromatic rings. The van der Waals surface area contributed by atoms with Crippen LogP contribution in [-0.4, -0.2) is 11.1 Å². The van der Waals surface area contributed by atoms with Gasteiger partial charge in [-0.2, -0.15) is 0 Å². The number of carbonyl (C=O) groups is 1. The summed E-state index contributed by atoms with van der Waals surface area (Å²) in [5, 5.41) is 8.62. The normalized spacial score (nSPS) is 17.4. The molecule has 0 aliphatic heterocycles. The lowest BCUT2D eigenvalue weighted by Crippen LogP contribution is -2.12. The minimum absolute atomic E-state index is 0.0823. The van der Waals surface area contributed by atoms with Gasteiger partial charge in [0.25, 0.3) is 0 Å². The summed E-state index contributed by atoms with van der Waals surface area (Å²) >= 11 is 0. The van der Waals surface area contributed by atoms with Crippen molar-refractivity contribution in [1.29, 1.82) is 0 Å². The van der Waals surface area contributed by atoms with Crippen molar-refractivity contribution in [3.8, 4) is 0 Å². The van der Waals surface area contributed by atoms with Crippen LogP contribution in [-0.2, 0) is 11.2 Å². The standard InChI is InChI=1S/C12H15NO2/c13-12(10-5-6-10)9-3-1-8(2-4-9)7-11(14)15/h1-4,10,12H,5-7,13H2,(H,14,15). The number of rotatable bonds is 4. The highest BCUT2D eigenvalue weighted by molar-refractivity contribution is 5.70. The number of carboxylic acids is 1. The van der Waals surface area contributed by atoms with Gasteiger partial charge in [-0.15, -0.1) is 0 Å². The van der Waals surface area contributed by atoms with Gasteiger partial charge in [-0.1, -0.05) is 24.3 Å². The summed E-state index contributed by atoms with van der Waals surface area (Å²) in [7, 11) is 0. The monoisotopic (exact) mass is 205 g/mol. The van der Waals surface area contributed by atoms with Gasteiger partial charge in [0.05, 0.1) is 6.42 Å². The Labute approximate surface area is 88.9 Å². The molecule has 1 atom stereocenters. The van der Waals surface area contributed by atoms with Crippen LogP contribution in [0.15, 0.2) is 24.3 Å². The van der Waals surface area contributed by atoms with Crippen molar-refractivity contribution < 1.29 is 9.90 Å². The highest BCUT2D eigenvalue weighted by Gasteiger charge is 2.29. The van der Waals surface area contributed by atoms with E-state index in [9.17, 15) is 4.79 Å². The Bertz CT molecular complexity index is 354. The van der Waals surface area contributed by atoms with E-state index < -0.39 is 5.97 Å². The molecule has 2 rings (SSSR count). The van der Waals surface area contributed by atoms with E-state index in [-0.39, 0.29) is 12.5 Å². The molecule has 80 valence electrons. The van der Waals surface area contributed by atoms with Crippen LogP contribution in [0.2, 0.25) is 0 Å². The first-order valence-electron chi connectivity index (χ1n) is 5.23. The first-order valence-corrected chi connectivity index (χ1v) is 5.23. The van der Waals surface area contributed by atoms with E-state index in [0.29, 0.717) is 5.92 Å². The smallest absolute Gasteiger partial charge is 0.307 e. The lowest BCUT2D eigenvalue weighted by atomic mass is 10.0. The minimum atomic E-state index is -0.797. The quantitative estimate of drug-likeness (QED) is 0.786. The Morgan fingerprint density at radius 1 is 1.40 bits per heavy atom. The van der Waals surface area contributed by atoms with Gasteiger partial charge in [-0.25, -0.2) is 0 Å². The Kier molecular flexibility index (Phi) is 2.73. The zero-order valence-electron chi connectivity index (χ0n) is 8.52. The molecule has 0 radical (unpaired) electrons. The molecule has 0 saturated heterocycles. The van der Waals surface area contributed by atoms with Crippen LogP contribution in [0.3, 0.4) is 0 Å². The van der Waals surface area contributed by atoms with Gasteiger partial charge >= 0.3 is 5.97 Å². The van der Waals surface area contributed by atoms with E-state index in [2.05, 4.69) is 0 Å². The van der Waals surface area contributed by atoms with Gasteiger partial charge in [-0.3, -0.25) is 4.79 Å². The second-order valence-corrected chi connectivity index (χ2v) is 4.18. The van der Waals surface area contributed by atoms with Crippen LogP contribution in [0.4, 0.5) is 0 Å². The predicted molar refractivity (Wildman–Crippen MR) is 57.4 cm³/mol. The van der Waals surface area contributed by atoms with Crippen molar-refractivity contribution in [2.24, 2.45) is 11.7 Å². The van der Waals surface area contributed by atoms with Crippen molar-refractivity contribution in [3.05, 3.63) is 35.4 Å². The van der Waals surface area contributed by atoms with Crippen molar-refractivity contribution in [3.63, 3.8) is 0 Å². The minimum Gasteiger partial charge on any atom is -0.481 e. The second kappa shape index (κ2) is 4.03. The van der Waals surface area contributed by atoms with Crippen LogP contribution in [0.1, 0.15) is 30.0 Å². The molecule has 3 nitrogen and oxygen atoms in total. The van der Waals surface area contributed by atoms with Crippen molar-refractivity contribution in [1.82, 2.24) is 0 Å². The number of carboxylic acid groups (broad SMARTS) is 1. The molecular formula is C12H15NO2. The molecule has 15 heavy (non-hydrogen) atoms. The summed E-state index contributed by atoms with van der Waals surface area (Å²) in [6, 6.07) is 7.73. The number of hydrogen-bond acceptors (Lipinski definition) is 2. The van der Waals surface area contributed by atoms with Crippen LogP contribution in [0, 0.1) is 5.92 Å². The molecule has 1 saturated carbocycles. The van der Waals surface area contributed by atoms with Crippen LogP contribution >= 0.6 is 0 Å². The third kappa shape index (κ3) is 2.57. The highest BCUT2D eigenvalue weighted by atomic mass is 16.4. The maximum Gasteiger partial charge on any atom is 0.307 e. The number of benzene rings is 1. The molecule has 1 aliphatic carbocycles. The van der Waals surface area contributed by atoms with Crippen LogP contribution < -0.4 is 5.73 Å². The fraction of sp³-hybridized carbons (Fsp3) is 0.417. The lowest BCUT2D eigenvalue weighted by molar-refractivity contribution is -0.136. The fourth-order valence-corrected chi connectivity index (χ4v) is 1.76. The molecular weight excluding hydrogens is 190 g/mol. The van der Waals surface area contributed by atoms with Crippen molar-refractivity contribution in [2.75, 3.05) is 0 Å². The highest BCUT2D eigenvalue weighted by Crippen LogP contribution is 2.39. The maximum absolute atomic E-state index is 10.5. The average Bonchev–Trinajstić information content (AvgIpc) is 3.00. The predicted octanol–water partition coefficient (Wildman–Crippen LogP) is 1.72. The van der Waals surface area contributed by atoms with Crippen molar-refractivity contribution in [2.45, 2.75) is 25.3 Å². The SMILES string of the molecule is NC(c1ccc(CC(=O)O)cc1)C1CC1. The van der Waals surface area contributed by atoms with Gasteiger partial charge in [0, 0.05) is 6.04 Å². The van der Waals surface area contributed by atoms with E-state index in [0.717, 1.165) is 11.1 Å². The second-order valence-electron chi connectivity index (χ2n) is 4.18. The molecule has 1 aromatic carbocycles. The summed E-state index contributed by atoms with van der Waals surface area (Å²) in [6.07, 6.45) is 2.52. The topological polar surface area (TPSA) is 63.3 Å². The van der Waals surface area contributed by atoms with Gasteiger partial charge < -0.3 is 10.8 Å². The molecule has 1 fully saturated rings. The summed E-state index contributed by atoms with van der Waals surface area (Å²) < 4.78 is 0. The number of aliphatic carboxylic acids is 1. The molecule has 0 bridgehead atoms. The Balaban J connectivity index is 2.05. The first-order chi connectivity index (χ1) is 7.16. The molecule has 0 spiro atoms. The molecule has 0 aromatic heterocycles. The van der Waals surface area contributed by atoms with Gasteiger partial charge in [0.1, 0.15) is 0 Å². The lowest BCUT2D eigenvalue weighted by Gasteiger charge is -2.10. The fourth-order valence-electron chi connectivity index (χ4n) is 1.76. The van der Waals surface area contributed by atoms with Gasteiger partial charge in [-0.05, 0) is 29.9 Å². The maximum atomic E-state index is 10.5. The molecule has 3 heteroatoms. The van der Waals surface area contributed by atoms with Gasteiger partial charge in [0.15, 0.2) is 0 Å². The van der Waals surface area contributed by atoms with E-state index in [1.54, 1.807) is 0 Å². The van der Waals surface area contributed by atoms with Crippen LogP contribution in [0.5, 0.6) is 0 Å². The largest absolute Gasteiger partial charge is 0.481 e. The van der Waals surface area contributed by atoms with E-state index >= 15 is 0 Å². The Morgan fingerprint density at radius 2 is 2.00 bits per heavy atom. The number of nitrogens with two attached hydrogens (primary N) is 1. The van der Waals surface area contributed by atoms with Gasteiger partial charge in [0.2, 0.25) is 0 Å². The molecule has 0 amide bonds. The number of hydrogen-bond donors (Lipinski definition) is 2. The zero-order chi connectivity index (χ0) is 10.8. The molecule has 1 aliphatic rings. The van der Waals surface area contributed by atoms with E-state index in [1.165, 1.54) is 12.8 Å². The Morgan fingerprint density at radius 3 is 2.47 bits per heavy atom. The summed E-state index contributed by atoms with van der Waals surface area (Å²) in [4.78, 5) is 10.5. The average molecular weight is 205 g/mol. The zero-order valence-corrected chi connectivity index (χ0v) is 8.52. The van der Waals surface area contributed by atoms with E-state index in [1.807, 2.05) is 24.3 Å². The molecule has 3 N–H and O–H groups in total. The molecule has 1 unspecified atom stereocenters. The first kappa shape index (κ1) is 10.2. The summed E-state index contributed by atoms with van der Waals surface area (Å²) in [5.41, 5.74) is 7.98. The van der Waals surface area contributed by atoms with Crippen LogP contribution in [0.25, 0.3) is 0 Å². The third-order valence-electron chi connectivity index (χ3n) is 2.85. The van der Waals surface area contributed by atoms with Crippen molar-refractivity contribution >= 4 is 5.97 Å².